The smallest absolute Gasteiger partial charge is 0.246 e. The Bertz CT molecular complexity index is 1410. The Morgan fingerprint density at radius 3 is 2.74 bits per heavy atom. The third-order valence-corrected chi connectivity index (χ3v) is 8.47. The number of rotatable bonds is 7. The van der Waals surface area contributed by atoms with Gasteiger partial charge in [-0.05, 0) is 67.3 Å². The van der Waals surface area contributed by atoms with Crippen molar-refractivity contribution in [2.45, 2.75) is 45.4 Å². The van der Waals surface area contributed by atoms with Crippen LogP contribution in [-0.2, 0) is 29.1 Å². The van der Waals surface area contributed by atoms with E-state index in [1.54, 1.807) is 16.9 Å². The zero-order valence-corrected chi connectivity index (χ0v) is 23.3. The van der Waals surface area contributed by atoms with Gasteiger partial charge in [-0.3, -0.25) is 14.5 Å². The highest BCUT2D eigenvalue weighted by molar-refractivity contribution is 6.31. The number of likely N-dealkylation sites (N-methyl/N-ethyl adjacent to an activating group) is 1. The number of methoxy groups -OCH3 is 1. The van der Waals surface area contributed by atoms with Crippen molar-refractivity contribution in [1.29, 1.82) is 0 Å². The van der Waals surface area contributed by atoms with Crippen LogP contribution in [0.2, 0.25) is 5.02 Å². The minimum absolute atomic E-state index is 0.00954. The quantitative estimate of drug-likeness (QED) is 0.416. The number of halogens is 1. The summed E-state index contributed by atoms with van der Waals surface area (Å²) in [6.07, 6.45) is 2.25. The normalized spacial score (nSPS) is 16.6. The van der Waals surface area contributed by atoms with Gasteiger partial charge >= 0.3 is 0 Å². The van der Waals surface area contributed by atoms with Crippen LogP contribution in [0.4, 0.5) is 0 Å². The zero-order chi connectivity index (χ0) is 27.1. The fourth-order valence-electron chi connectivity index (χ4n) is 5.96. The number of likely N-dealkylation sites (tertiary alicyclic amines) is 1. The molecule has 3 aromatic rings. The lowest BCUT2D eigenvalue weighted by atomic mass is 9.98. The van der Waals surface area contributed by atoms with Crippen molar-refractivity contribution < 1.29 is 14.3 Å². The van der Waals surface area contributed by atoms with Gasteiger partial charge in [0.1, 0.15) is 11.8 Å². The Hall–Kier alpha value is -3.29. The van der Waals surface area contributed by atoms with Gasteiger partial charge in [-0.1, -0.05) is 30.3 Å². The molecule has 200 valence electrons. The summed E-state index contributed by atoms with van der Waals surface area (Å²) in [7, 11) is 3.56. The molecule has 1 saturated heterocycles. The summed E-state index contributed by atoms with van der Waals surface area (Å²) >= 11 is 6.46. The Morgan fingerprint density at radius 2 is 2.03 bits per heavy atom. The molecular weight excluding hydrogens is 500 g/mol. The molecule has 1 unspecified atom stereocenters. The summed E-state index contributed by atoms with van der Waals surface area (Å²) in [4.78, 5) is 31.4. The highest BCUT2D eigenvalue weighted by atomic mass is 35.5. The Kier molecular flexibility index (Phi) is 7.25. The molecule has 2 aliphatic rings. The van der Waals surface area contributed by atoms with Crippen molar-refractivity contribution in [1.82, 2.24) is 19.3 Å². The van der Waals surface area contributed by atoms with E-state index >= 15 is 0 Å². The number of ether oxygens (including phenoxy) is 1. The minimum Gasteiger partial charge on any atom is -0.496 e. The fraction of sp³-hybridized carbons (Fsp3) is 0.400. The number of nitrogens with zero attached hydrogens (tertiary/aromatic N) is 4. The van der Waals surface area contributed by atoms with E-state index in [4.69, 9.17) is 16.3 Å². The molecule has 2 aliphatic heterocycles. The highest BCUT2D eigenvalue weighted by Crippen LogP contribution is 2.35. The molecule has 5 rings (SSSR count). The molecule has 2 amide bonds. The van der Waals surface area contributed by atoms with Gasteiger partial charge in [-0.15, -0.1) is 0 Å². The number of hydrogen-bond acceptors (Lipinski definition) is 4. The summed E-state index contributed by atoms with van der Waals surface area (Å²) < 4.78 is 7.73. The molecule has 2 aromatic carbocycles. The van der Waals surface area contributed by atoms with E-state index in [-0.39, 0.29) is 17.9 Å². The van der Waals surface area contributed by atoms with Crippen molar-refractivity contribution in [3.05, 3.63) is 76.5 Å². The molecule has 0 radical (unpaired) electrons. The van der Waals surface area contributed by atoms with Gasteiger partial charge in [0.25, 0.3) is 0 Å². The molecule has 3 heterocycles. The molecule has 1 atom stereocenters. The molecule has 38 heavy (non-hydrogen) atoms. The maximum atomic E-state index is 13.6. The molecule has 1 fully saturated rings. The first-order valence-electron chi connectivity index (χ1n) is 13.1. The van der Waals surface area contributed by atoms with E-state index in [2.05, 4.69) is 35.1 Å². The molecule has 8 heteroatoms. The number of amides is 2. The summed E-state index contributed by atoms with van der Waals surface area (Å²) in [6, 6.07) is 11.8. The lowest BCUT2D eigenvalue weighted by Crippen LogP contribution is -2.61. The van der Waals surface area contributed by atoms with Crippen molar-refractivity contribution in [3.63, 3.8) is 0 Å². The fourth-order valence-corrected chi connectivity index (χ4v) is 6.13. The number of carbonyl (C=O) groups excluding carboxylic acids is 2. The standard InChI is InChI=1S/C30H35ClN4O3/c1-6-29(36)34-16-23(17-34)32(4)30(37)20(3)35-19(2)26(25-14-22(31)10-11-27(25)35)18-33-13-12-24-21(15-33)8-7-9-28(24)38-5/h6-11,14,20,23H,1,12-13,15-18H2,2-5H3. The predicted molar refractivity (Wildman–Crippen MR) is 151 cm³/mol. The average Bonchev–Trinajstić information content (AvgIpc) is 3.16. The SMILES string of the molecule is C=CC(=O)N1CC(N(C)C(=O)C(C)n2c(C)c(CN3CCc4c(cccc4OC)C3)c3cc(Cl)ccc32)C1. The van der Waals surface area contributed by atoms with Crippen LogP contribution in [0.1, 0.15) is 35.3 Å². The summed E-state index contributed by atoms with van der Waals surface area (Å²) in [5.41, 5.74) is 5.87. The van der Waals surface area contributed by atoms with Crippen molar-refractivity contribution >= 4 is 34.3 Å². The average molecular weight is 535 g/mol. The molecule has 0 bridgehead atoms. The van der Waals surface area contributed by atoms with Crippen LogP contribution in [0, 0.1) is 6.92 Å². The zero-order valence-electron chi connectivity index (χ0n) is 22.5. The number of benzene rings is 2. The second-order valence-electron chi connectivity index (χ2n) is 10.4. The lowest BCUT2D eigenvalue weighted by Gasteiger charge is -2.44. The molecule has 0 aliphatic carbocycles. The van der Waals surface area contributed by atoms with E-state index in [0.717, 1.165) is 48.4 Å². The van der Waals surface area contributed by atoms with E-state index in [1.165, 1.54) is 22.8 Å². The third kappa shape index (κ3) is 4.58. The van der Waals surface area contributed by atoms with Crippen molar-refractivity contribution in [2.24, 2.45) is 0 Å². The molecule has 0 spiro atoms. The van der Waals surface area contributed by atoms with E-state index < -0.39 is 6.04 Å². The second kappa shape index (κ2) is 10.5. The number of fused-ring (bicyclic) bond motifs is 2. The van der Waals surface area contributed by atoms with Gasteiger partial charge in [0, 0.05) is 61.4 Å². The highest BCUT2D eigenvalue weighted by Gasteiger charge is 2.36. The van der Waals surface area contributed by atoms with Crippen LogP contribution >= 0.6 is 11.6 Å². The molecule has 0 saturated carbocycles. The van der Waals surface area contributed by atoms with Gasteiger partial charge in [0.2, 0.25) is 11.8 Å². The summed E-state index contributed by atoms with van der Waals surface area (Å²) in [6.45, 7) is 11.2. The molecule has 0 N–H and O–H groups in total. The number of hydrogen-bond donors (Lipinski definition) is 0. The summed E-state index contributed by atoms with van der Waals surface area (Å²) in [5.74, 6) is 0.894. The maximum Gasteiger partial charge on any atom is 0.246 e. The van der Waals surface area contributed by atoms with Crippen LogP contribution in [-0.4, -0.2) is 70.9 Å². The van der Waals surface area contributed by atoms with Crippen molar-refractivity contribution in [2.75, 3.05) is 33.8 Å². The third-order valence-electron chi connectivity index (χ3n) is 8.23. The minimum atomic E-state index is -0.395. The van der Waals surface area contributed by atoms with Crippen LogP contribution in [0.25, 0.3) is 10.9 Å². The number of carbonyl (C=O) groups is 2. The largest absolute Gasteiger partial charge is 0.496 e. The second-order valence-corrected chi connectivity index (χ2v) is 10.8. The van der Waals surface area contributed by atoms with E-state index in [1.807, 2.05) is 38.2 Å². The van der Waals surface area contributed by atoms with E-state index in [9.17, 15) is 9.59 Å². The van der Waals surface area contributed by atoms with Gasteiger partial charge < -0.3 is 19.1 Å². The van der Waals surface area contributed by atoms with Crippen LogP contribution in [0.5, 0.6) is 5.75 Å². The van der Waals surface area contributed by atoms with E-state index in [0.29, 0.717) is 18.1 Å². The molecule has 7 nitrogen and oxygen atoms in total. The number of aromatic nitrogens is 1. The predicted octanol–water partition coefficient (Wildman–Crippen LogP) is 4.59. The van der Waals surface area contributed by atoms with Gasteiger partial charge in [0.05, 0.1) is 13.2 Å². The Labute approximate surface area is 229 Å². The van der Waals surface area contributed by atoms with Gasteiger partial charge in [-0.25, -0.2) is 0 Å². The van der Waals surface area contributed by atoms with Crippen LogP contribution < -0.4 is 4.74 Å². The Balaban J connectivity index is 1.41. The van der Waals surface area contributed by atoms with Gasteiger partial charge in [-0.2, -0.15) is 0 Å². The first-order chi connectivity index (χ1) is 18.2. The van der Waals surface area contributed by atoms with Crippen molar-refractivity contribution in [3.8, 4) is 5.75 Å². The Morgan fingerprint density at radius 1 is 1.26 bits per heavy atom. The van der Waals surface area contributed by atoms with Gasteiger partial charge in [0.15, 0.2) is 0 Å². The van der Waals surface area contributed by atoms with Crippen LogP contribution in [0.15, 0.2) is 49.1 Å². The topological polar surface area (TPSA) is 58.0 Å². The first kappa shape index (κ1) is 26.3. The maximum absolute atomic E-state index is 13.6. The first-order valence-corrected chi connectivity index (χ1v) is 13.4. The monoisotopic (exact) mass is 534 g/mol. The molecular formula is C30H35ClN4O3. The lowest BCUT2D eigenvalue weighted by molar-refractivity contribution is -0.144. The summed E-state index contributed by atoms with van der Waals surface area (Å²) in [5, 5.41) is 1.77. The van der Waals surface area contributed by atoms with Crippen LogP contribution in [0.3, 0.4) is 0 Å². The molecule has 1 aromatic heterocycles.